The van der Waals surface area contributed by atoms with Crippen molar-refractivity contribution in [1.29, 1.82) is 0 Å². The molecule has 0 aliphatic carbocycles. The smallest absolute Gasteiger partial charge is 0.337 e. The number of aliphatic hydroxyl groups is 4. The molecule has 0 bridgehead atoms. The predicted molar refractivity (Wildman–Crippen MR) is 126 cm³/mol. The first-order valence-electron chi connectivity index (χ1n) is 11.8. The summed E-state index contributed by atoms with van der Waals surface area (Å²) in [6.45, 7) is 0.912. The summed E-state index contributed by atoms with van der Waals surface area (Å²) < 4.78 is 26.7. The van der Waals surface area contributed by atoms with E-state index in [1.54, 1.807) is 19.1 Å². The van der Waals surface area contributed by atoms with Gasteiger partial charge in [-0.25, -0.2) is 4.79 Å². The van der Waals surface area contributed by atoms with Gasteiger partial charge in [-0.2, -0.15) is 0 Å². The van der Waals surface area contributed by atoms with Crippen molar-refractivity contribution in [1.82, 2.24) is 0 Å². The molecule has 7 atom stereocenters. The van der Waals surface area contributed by atoms with Crippen molar-refractivity contribution < 1.29 is 63.9 Å². The van der Waals surface area contributed by atoms with E-state index in [-0.39, 0.29) is 36.5 Å². The molecule has 4 unspecified atom stereocenters. The Morgan fingerprint density at radius 2 is 1.82 bits per heavy atom. The van der Waals surface area contributed by atoms with Gasteiger partial charge in [0.05, 0.1) is 38.6 Å². The third kappa shape index (κ3) is 6.62. The summed E-state index contributed by atoms with van der Waals surface area (Å²) in [6, 6.07) is 4.23. The third-order valence-electron chi connectivity index (χ3n) is 6.29. The van der Waals surface area contributed by atoms with E-state index < -0.39 is 61.5 Å². The summed E-state index contributed by atoms with van der Waals surface area (Å²) in [5.41, 5.74) is 0.927. The Kier molecular flexibility index (Phi) is 10.1. The van der Waals surface area contributed by atoms with Gasteiger partial charge in [0.15, 0.2) is 17.8 Å². The third-order valence-corrected chi connectivity index (χ3v) is 6.29. The highest BCUT2D eigenvalue weighted by Crippen LogP contribution is 2.36. The van der Waals surface area contributed by atoms with Crippen LogP contribution in [-0.2, 0) is 39.7 Å². The number of aromatic hydroxyl groups is 2. The lowest BCUT2D eigenvalue weighted by atomic mass is 9.86. The van der Waals surface area contributed by atoms with Crippen molar-refractivity contribution in [3.63, 3.8) is 0 Å². The van der Waals surface area contributed by atoms with Crippen molar-refractivity contribution >= 4 is 11.9 Å². The number of hydrogen-bond donors (Lipinski definition) is 6. The molecule has 6 N–H and O–H groups in total. The van der Waals surface area contributed by atoms with Crippen LogP contribution in [0, 0.1) is 5.92 Å². The monoisotopic (exact) mass is 540 g/mol. The Morgan fingerprint density at radius 3 is 2.45 bits per heavy atom. The largest absolute Gasteiger partial charge is 0.504 e. The molecule has 3 rings (SSSR count). The zero-order valence-electron chi connectivity index (χ0n) is 20.8. The molecule has 210 valence electrons. The maximum absolute atomic E-state index is 12.7. The van der Waals surface area contributed by atoms with Gasteiger partial charge in [0.2, 0.25) is 6.29 Å². The molecular formula is C25H32O13. The van der Waals surface area contributed by atoms with Gasteiger partial charge in [0, 0.05) is 17.9 Å². The standard InChI is InChI=1S/C25H32O13/c1-3-13-14(9-19(29)35-7-6-12-4-5-16(27)17(28)8-12)15(23(33)34-2)11-36-24(13)38-25-22(32)21(31)20(30)18(10-26)37-25/h3-5,8,11,14,18,20-22,24-28,30-32H,6-7,9-10H2,1-2H3/b13-3+/t14?,18?,20-,21?,22+,24?,25-/m1/s1. The quantitative estimate of drug-likeness (QED) is 0.131. The van der Waals surface area contributed by atoms with E-state index in [1.165, 1.54) is 12.1 Å². The van der Waals surface area contributed by atoms with Crippen LogP contribution in [0.4, 0.5) is 0 Å². The summed E-state index contributed by atoms with van der Waals surface area (Å²) in [4.78, 5) is 25.1. The highest BCUT2D eigenvalue weighted by Gasteiger charge is 2.46. The first-order chi connectivity index (χ1) is 18.1. The van der Waals surface area contributed by atoms with E-state index >= 15 is 0 Å². The molecule has 2 heterocycles. The van der Waals surface area contributed by atoms with Crippen LogP contribution >= 0.6 is 0 Å². The van der Waals surface area contributed by atoms with Crippen molar-refractivity contribution in [2.24, 2.45) is 5.92 Å². The Morgan fingerprint density at radius 1 is 1.08 bits per heavy atom. The molecule has 0 radical (unpaired) electrons. The number of phenols is 2. The number of aliphatic hydroxyl groups excluding tert-OH is 4. The molecule has 1 saturated heterocycles. The van der Waals surface area contributed by atoms with Gasteiger partial charge in [0.1, 0.15) is 24.4 Å². The molecule has 2 aliphatic heterocycles. The summed E-state index contributed by atoms with van der Waals surface area (Å²) in [6.07, 6.45) is -6.39. The minimum atomic E-state index is -1.69. The number of ether oxygens (including phenoxy) is 5. The molecule has 0 aromatic heterocycles. The van der Waals surface area contributed by atoms with Crippen LogP contribution in [-0.4, -0.2) is 99.9 Å². The zero-order chi connectivity index (χ0) is 28.0. The fraction of sp³-hybridized carbons (Fsp3) is 0.520. The van der Waals surface area contributed by atoms with Crippen LogP contribution in [0.5, 0.6) is 11.5 Å². The van der Waals surface area contributed by atoms with Crippen molar-refractivity contribution in [3.8, 4) is 11.5 Å². The normalized spacial score (nSPS) is 30.3. The molecule has 2 aliphatic rings. The van der Waals surface area contributed by atoms with Crippen molar-refractivity contribution in [2.75, 3.05) is 20.3 Å². The highest BCUT2D eigenvalue weighted by molar-refractivity contribution is 5.90. The van der Waals surface area contributed by atoms with Crippen molar-refractivity contribution in [2.45, 2.75) is 56.8 Å². The predicted octanol–water partition coefficient (Wildman–Crippen LogP) is -0.634. The number of benzene rings is 1. The van der Waals surface area contributed by atoms with Crippen molar-refractivity contribution in [3.05, 3.63) is 47.2 Å². The molecule has 0 amide bonds. The fourth-order valence-corrected chi connectivity index (χ4v) is 4.16. The van der Waals surface area contributed by atoms with E-state index in [0.717, 1.165) is 13.4 Å². The Labute approximate surface area is 218 Å². The maximum Gasteiger partial charge on any atom is 0.337 e. The number of methoxy groups -OCH3 is 1. The molecule has 1 aromatic carbocycles. The van der Waals surface area contributed by atoms with Crippen LogP contribution in [0.25, 0.3) is 0 Å². The summed E-state index contributed by atoms with van der Waals surface area (Å²) in [5.74, 6) is -2.89. The fourth-order valence-electron chi connectivity index (χ4n) is 4.16. The van der Waals surface area contributed by atoms with E-state index in [4.69, 9.17) is 23.7 Å². The maximum atomic E-state index is 12.7. The summed E-state index contributed by atoms with van der Waals surface area (Å²) in [7, 11) is 1.16. The number of allylic oxidation sites excluding steroid dienone is 1. The Balaban J connectivity index is 1.71. The van der Waals surface area contributed by atoms with Gasteiger partial charge in [0.25, 0.3) is 0 Å². The molecule has 0 saturated carbocycles. The SMILES string of the molecule is C/C=C1/C(O[C@H]2OC(CO)[C@@H](O)C(O)[C@@H]2O)OC=C(C(=O)OC)C1CC(=O)OCCc1ccc(O)c(O)c1. The Bertz CT molecular complexity index is 1050. The van der Waals surface area contributed by atoms with Gasteiger partial charge < -0.3 is 54.3 Å². The lowest BCUT2D eigenvalue weighted by Crippen LogP contribution is -2.60. The van der Waals surface area contributed by atoms with Crippen LogP contribution in [0.1, 0.15) is 18.9 Å². The number of carbonyl (C=O) groups is 2. The second kappa shape index (κ2) is 13.0. The lowest BCUT2D eigenvalue weighted by Gasteiger charge is -2.41. The Hall–Kier alpha value is -3.20. The summed E-state index contributed by atoms with van der Waals surface area (Å²) in [5, 5.41) is 58.8. The molecular weight excluding hydrogens is 508 g/mol. The molecule has 13 heteroatoms. The second-order valence-corrected chi connectivity index (χ2v) is 8.71. The van der Waals surface area contributed by atoms with Crippen LogP contribution < -0.4 is 0 Å². The molecule has 1 fully saturated rings. The van der Waals surface area contributed by atoms with Crippen LogP contribution in [0.3, 0.4) is 0 Å². The number of hydrogen-bond acceptors (Lipinski definition) is 13. The number of phenolic OH excluding ortho intramolecular Hbond substituents is 2. The van der Waals surface area contributed by atoms with Gasteiger partial charge in [-0.15, -0.1) is 0 Å². The molecule has 38 heavy (non-hydrogen) atoms. The molecule has 0 spiro atoms. The minimum Gasteiger partial charge on any atom is -0.504 e. The first kappa shape index (κ1) is 29.4. The number of esters is 2. The van der Waals surface area contributed by atoms with Gasteiger partial charge in [-0.05, 0) is 24.6 Å². The van der Waals surface area contributed by atoms with Gasteiger partial charge >= 0.3 is 11.9 Å². The summed E-state index contributed by atoms with van der Waals surface area (Å²) >= 11 is 0. The number of rotatable bonds is 9. The first-order valence-corrected chi connectivity index (χ1v) is 11.8. The number of carbonyl (C=O) groups excluding carboxylic acids is 2. The van der Waals surface area contributed by atoms with Crippen LogP contribution in [0.2, 0.25) is 0 Å². The van der Waals surface area contributed by atoms with E-state index in [1.807, 2.05) is 0 Å². The van der Waals surface area contributed by atoms with E-state index in [2.05, 4.69) is 0 Å². The van der Waals surface area contributed by atoms with E-state index in [9.17, 15) is 40.2 Å². The molecule has 1 aromatic rings. The average Bonchev–Trinajstić information content (AvgIpc) is 2.90. The topological polar surface area (TPSA) is 202 Å². The average molecular weight is 541 g/mol. The highest BCUT2D eigenvalue weighted by atomic mass is 16.8. The lowest BCUT2D eigenvalue weighted by molar-refractivity contribution is -0.327. The van der Waals surface area contributed by atoms with E-state index in [0.29, 0.717) is 11.1 Å². The van der Waals surface area contributed by atoms with Gasteiger partial charge in [-0.1, -0.05) is 12.1 Å². The zero-order valence-corrected chi connectivity index (χ0v) is 20.8. The second-order valence-electron chi connectivity index (χ2n) is 8.71. The molecule has 13 nitrogen and oxygen atoms in total. The van der Waals surface area contributed by atoms with Crippen LogP contribution in [0.15, 0.2) is 41.7 Å². The minimum absolute atomic E-state index is 0.00894. The van der Waals surface area contributed by atoms with Gasteiger partial charge in [-0.3, -0.25) is 4.79 Å².